The van der Waals surface area contributed by atoms with Gasteiger partial charge < -0.3 is 5.32 Å². The third kappa shape index (κ3) is 3.14. The van der Waals surface area contributed by atoms with E-state index in [0.717, 1.165) is 25.1 Å². The van der Waals surface area contributed by atoms with Crippen molar-refractivity contribution in [3.63, 3.8) is 0 Å². The Morgan fingerprint density at radius 2 is 2.05 bits per heavy atom. The first-order valence-corrected chi connectivity index (χ1v) is 7.31. The van der Waals surface area contributed by atoms with Gasteiger partial charge >= 0.3 is 0 Å². The van der Waals surface area contributed by atoms with E-state index in [4.69, 9.17) is 11.6 Å². The van der Waals surface area contributed by atoms with Crippen molar-refractivity contribution in [3.05, 3.63) is 69.5 Å². The smallest absolute Gasteiger partial charge is 0.167 e. The largest absolute Gasteiger partial charge is 0.312 e. The van der Waals surface area contributed by atoms with E-state index < -0.39 is 5.82 Å². The highest BCUT2D eigenvalue weighted by atomic mass is 35.5. The van der Waals surface area contributed by atoms with Crippen LogP contribution < -0.4 is 5.32 Å². The van der Waals surface area contributed by atoms with Gasteiger partial charge in [-0.05, 0) is 47.9 Å². The molecule has 0 fully saturated rings. The van der Waals surface area contributed by atoms with Crippen molar-refractivity contribution < 1.29 is 9.18 Å². The molecule has 1 aliphatic rings. The second-order valence-corrected chi connectivity index (χ2v) is 5.68. The molecule has 1 heterocycles. The van der Waals surface area contributed by atoms with E-state index in [2.05, 4.69) is 5.32 Å². The van der Waals surface area contributed by atoms with Crippen LogP contribution in [-0.4, -0.2) is 12.3 Å². The highest BCUT2D eigenvalue weighted by Crippen LogP contribution is 2.19. The SMILES string of the molecule is O=C(Cc1ccc(Cl)cc1F)c1ccc2c(c1)CNCC2. The summed E-state index contributed by atoms with van der Waals surface area (Å²) in [6.45, 7) is 1.75. The molecule has 0 saturated heterocycles. The molecule has 2 aromatic carbocycles. The van der Waals surface area contributed by atoms with Gasteiger partial charge in [-0.2, -0.15) is 0 Å². The fraction of sp³-hybridized carbons (Fsp3) is 0.235. The lowest BCUT2D eigenvalue weighted by molar-refractivity contribution is 0.0991. The first-order chi connectivity index (χ1) is 10.1. The number of hydrogen-bond acceptors (Lipinski definition) is 2. The van der Waals surface area contributed by atoms with Crippen LogP contribution in [0.5, 0.6) is 0 Å². The molecule has 4 heteroatoms. The van der Waals surface area contributed by atoms with Crippen LogP contribution in [0.3, 0.4) is 0 Å². The van der Waals surface area contributed by atoms with Crippen molar-refractivity contribution in [1.82, 2.24) is 5.32 Å². The van der Waals surface area contributed by atoms with Crippen LogP contribution in [0.15, 0.2) is 36.4 Å². The fourth-order valence-corrected chi connectivity index (χ4v) is 2.75. The minimum atomic E-state index is -0.435. The molecule has 0 radical (unpaired) electrons. The Morgan fingerprint density at radius 3 is 2.86 bits per heavy atom. The summed E-state index contributed by atoms with van der Waals surface area (Å²) in [4.78, 5) is 12.3. The lowest BCUT2D eigenvalue weighted by Gasteiger charge is -2.17. The van der Waals surface area contributed by atoms with Crippen LogP contribution in [0.4, 0.5) is 4.39 Å². The van der Waals surface area contributed by atoms with Crippen LogP contribution in [0.2, 0.25) is 5.02 Å². The molecule has 1 aliphatic heterocycles. The highest BCUT2D eigenvalue weighted by molar-refractivity contribution is 6.30. The van der Waals surface area contributed by atoms with E-state index in [9.17, 15) is 9.18 Å². The standard InChI is InChI=1S/C17H15ClFNO/c18-15-4-3-12(16(19)9-15)8-17(21)13-2-1-11-5-6-20-10-14(11)7-13/h1-4,7,9,20H,5-6,8,10H2. The van der Waals surface area contributed by atoms with Gasteiger partial charge in [0, 0.05) is 23.6 Å². The van der Waals surface area contributed by atoms with Crippen LogP contribution >= 0.6 is 11.6 Å². The van der Waals surface area contributed by atoms with Crippen LogP contribution in [-0.2, 0) is 19.4 Å². The summed E-state index contributed by atoms with van der Waals surface area (Å²) in [6, 6.07) is 10.2. The van der Waals surface area contributed by atoms with Gasteiger partial charge in [-0.3, -0.25) is 4.79 Å². The molecule has 0 aliphatic carbocycles. The molecule has 1 N–H and O–H groups in total. The summed E-state index contributed by atoms with van der Waals surface area (Å²) in [7, 11) is 0. The van der Waals surface area contributed by atoms with Crippen molar-refractivity contribution in [2.45, 2.75) is 19.4 Å². The van der Waals surface area contributed by atoms with E-state index in [0.29, 0.717) is 16.1 Å². The minimum absolute atomic E-state index is 0.0508. The van der Waals surface area contributed by atoms with Crippen molar-refractivity contribution in [1.29, 1.82) is 0 Å². The molecule has 0 spiro atoms. The van der Waals surface area contributed by atoms with Crippen LogP contribution in [0.1, 0.15) is 27.0 Å². The summed E-state index contributed by atoms with van der Waals surface area (Å²) in [5.74, 6) is -0.514. The molecule has 0 aromatic heterocycles. The van der Waals surface area contributed by atoms with Crippen molar-refractivity contribution in [2.24, 2.45) is 0 Å². The maximum Gasteiger partial charge on any atom is 0.167 e. The van der Waals surface area contributed by atoms with Crippen LogP contribution in [0.25, 0.3) is 0 Å². The summed E-state index contributed by atoms with van der Waals surface area (Å²) in [5.41, 5.74) is 3.44. The molecule has 108 valence electrons. The molecule has 0 unspecified atom stereocenters. The monoisotopic (exact) mass is 303 g/mol. The second-order valence-electron chi connectivity index (χ2n) is 5.25. The number of carbonyl (C=O) groups excluding carboxylic acids is 1. The third-order valence-electron chi connectivity index (χ3n) is 3.78. The Kier molecular flexibility index (Phi) is 4.04. The Morgan fingerprint density at radius 1 is 1.19 bits per heavy atom. The summed E-state index contributed by atoms with van der Waals surface area (Å²) < 4.78 is 13.8. The number of benzene rings is 2. The van der Waals surface area contributed by atoms with Crippen molar-refractivity contribution in [2.75, 3.05) is 6.54 Å². The van der Waals surface area contributed by atoms with E-state index in [-0.39, 0.29) is 12.2 Å². The molecule has 2 nitrogen and oxygen atoms in total. The number of halogens is 2. The minimum Gasteiger partial charge on any atom is -0.312 e. The average Bonchev–Trinajstić information content (AvgIpc) is 2.49. The molecule has 0 amide bonds. The lowest BCUT2D eigenvalue weighted by atomic mass is 9.95. The zero-order chi connectivity index (χ0) is 14.8. The number of ketones is 1. The van der Waals surface area contributed by atoms with Crippen molar-refractivity contribution in [3.8, 4) is 0 Å². The number of carbonyl (C=O) groups is 1. The summed E-state index contributed by atoms with van der Waals surface area (Å²) in [5, 5.41) is 3.62. The highest BCUT2D eigenvalue weighted by Gasteiger charge is 2.14. The molecule has 2 aromatic rings. The Hall–Kier alpha value is -1.71. The van der Waals surface area contributed by atoms with E-state index in [1.54, 1.807) is 12.1 Å². The van der Waals surface area contributed by atoms with Crippen molar-refractivity contribution >= 4 is 17.4 Å². The number of rotatable bonds is 3. The molecule has 0 bridgehead atoms. The molecule has 0 atom stereocenters. The first kappa shape index (κ1) is 14.2. The lowest BCUT2D eigenvalue weighted by Crippen LogP contribution is -2.24. The topological polar surface area (TPSA) is 29.1 Å². The number of nitrogens with one attached hydrogen (secondary N) is 1. The van der Waals surface area contributed by atoms with E-state index in [1.807, 2.05) is 18.2 Å². The van der Waals surface area contributed by atoms with Gasteiger partial charge in [-0.15, -0.1) is 0 Å². The Balaban J connectivity index is 1.82. The summed E-state index contributed by atoms with van der Waals surface area (Å²) >= 11 is 5.72. The zero-order valence-corrected chi connectivity index (χ0v) is 12.2. The predicted molar refractivity (Wildman–Crippen MR) is 81.3 cm³/mol. The molecule has 0 saturated carbocycles. The molecule has 21 heavy (non-hydrogen) atoms. The summed E-state index contributed by atoms with van der Waals surface area (Å²) in [6.07, 6.45) is 1.03. The Bertz CT molecular complexity index is 699. The van der Waals surface area contributed by atoms with E-state index >= 15 is 0 Å². The molecular weight excluding hydrogens is 289 g/mol. The van der Waals surface area contributed by atoms with Crippen LogP contribution in [0, 0.1) is 5.82 Å². The molecular formula is C17H15ClFNO. The predicted octanol–water partition coefficient (Wildman–Crippen LogP) is 3.55. The van der Waals surface area contributed by atoms with Gasteiger partial charge in [0.2, 0.25) is 0 Å². The van der Waals surface area contributed by atoms with Gasteiger partial charge in [0.25, 0.3) is 0 Å². The average molecular weight is 304 g/mol. The van der Waals surface area contributed by atoms with Gasteiger partial charge in [0.1, 0.15) is 5.82 Å². The van der Waals surface area contributed by atoms with E-state index in [1.165, 1.54) is 11.6 Å². The number of hydrogen-bond donors (Lipinski definition) is 1. The third-order valence-corrected chi connectivity index (χ3v) is 4.02. The fourth-order valence-electron chi connectivity index (χ4n) is 2.59. The van der Waals surface area contributed by atoms with Gasteiger partial charge in [-0.25, -0.2) is 4.39 Å². The quantitative estimate of drug-likeness (QED) is 0.879. The maximum atomic E-state index is 13.8. The zero-order valence-electron chi connectivity index (χ0n) is 11.5. The maximum absolute atomic E-state index is 13.8. The Labute approximate surface area is 127 Å². The first-order valence-electron chi connectivity index (χ1n) is 6.93. The second kappa shape index (κ2) is 5.96. The molecule has 3 rings (SSSR count). The number of Topliss-reactive ketones (excluding diaryl/α,β-unsaturated/α-hetero) is 1. The van der Waals surface area contributed by atoms with Gasteiger partial charge in [-0.1, -0.05) is 29.8 Å². The number of fused-ring (bicyclic) bond motifs is 1. The van der Waals surface area contributed by atoms with Gasteiger partial charge in [0.05, 0.1) is 0 Å². The van der Waals surface area contributed by atoms with Gasteiger partial charge in [0.15, 0.2) is 5.78 Å². The normalized spacial score (nSPS) is 13.8.